The second kappa shape index (κ2) is 5.93. The number of hydrogen-bond acceptors (Lipinski definition) is 4. The molecule has 4 nitrogen and oxygen atoms in total. The maximum Gasteiger partial charge on any atom is 0.224 e. The predicted molar refractivity (Wildman–Crippen MR) is 59.1 cm³/mol. The molecule has 1 heterocycles. The molecule has 0 saturated heterocycles. The molecule has 0 aliphatic rings. The van der Waals surface area contributed by atoms with Crippen molar-refractivity contribution < 1.29 is 4.21 Å². The van der Waals surface area contributed by atoms with E-state index in [9.17, 15) is 4.21 Å². The molecule has 0 bridgehead atoms. The summed E-state index contributed by atoms with van der Waals surface area (Å²) in [6.45, 7) is 0.743. The maximum atomic E-state index is 10.7. The molecule has 1 aromatic heterocycles. The van der Waals surface area contributed by atoms with Crippen molar-refractivity contribution in [1.82, 2.24) is 9.97 Å². The Morgan fingerprint density at radius 2 is 2.43 bits per heavy atom. The smallest absolute Gasteiger partial charge is 0.224 e. The average Bonchev–Trinajstić information content (AvgIpc) is 2.12. The second-order valence-electron chi connectivity index (χ2n) is 2.77. The summed E-state index contributed by atoms with van der Waals surface area (Å²) in [5, 5.41) is 3.30. The molecule has 1 aromatic rings. The Bertz CT molecular complexity index is 321. The Kier molecular flexibility index (Phi) is 4.82. The lowest BCUT2D eigenvalue weighted by Crippen LogP contribution is -2.07. The standard InChI is InChI=1S/C8H12ClN3OS/c1-14(13)6-2-4-10-7-3-5-11-8(9)12-7/h3,5H,2,4,6H2,1H3,(H,10,11,12). The Morgan fingerprint density at radius 3 is 3.07 bits per heavy atom. The van der Waals surface area contributed by atoms with Crippen molar-refractivity contribution in [2.24, 2.45) is 0 Å². The van der Waals surface area contributed by atoms with Crippen LogP contribution in [-0.2, 0) is 10.8 Å². The molecule has 0 aliphatic heterocycles. The molecule has 6 heteroatoms. The van der Waals surface area contributed by atoms with Crippen LogP contribution in [0.3, 0.4) is 0 Å². The first-order chi connectivity index (χ1) is 6.68. The third kappa shape index (κ3) is 4.53. The van der Waals surface area contributed by atoms with Gasteiger partial charge in [0.1, 0.15) is 5.82 Å². The van der Waals surface area contributed by atoms with Crippen LogP contribution in [0.2, 0.25) is 5.28 Å². The lowest BCUT2D eigenvalue weighted by atomic mass is 10.4. The van der Waals surface area contributed by atoms with E-state index in [1.165, 1.54) is 0 Å². The molecule has 78 valence electrons. The highest BCUT2D eigenvalue weighted by Gasteiger charge is 1.96. The van der Waals surface area contributed by atoms with Gasteiger partial charge in [0, 0.05) is 35.5 Å². The minimum atomic E-state index is -0.727. The van der Waals surface area contributed by atoms with Crippen LogP contribution in [0.1, 0.15) is 6.42 Å². The predicted octanol–water partition coefficient (Wildman–Crippen LogP) is 1.31. The Balaban J connectivity index is 2.28. The number of rotatable bonds is 5. The zero-order valence-electron chi connectivity index (χ0n) is 7.86. The monoisotopic (exact) mass is 233 g/mol. The number of aromatic nitrogens is 2. The summed E-state index contributed by atoms with van der Waals surface area (Å²) in [6.07, 6.45) is 4.14. The van der Waals surface area contributed by atoms with Crippen LogP contribution in [0.5, 0.6) is 0 Å². The molecule has 0 radical (unpaired) electrons. The number of nitrogens with zero attached hydrogens (tertiary/aromatic N) is 2. The van der Waals surface area contributed by atoms with Crippen LogP contribution >= 0.6 is 11.6 Å². The van der Waals surface area contributed by atoms with Crippen LogP contribution in [0.25, 0.3) is 0 Å². The molecule has 1 atom stereocenters. The first kappa shape index (κ1) is 11.4. The van der Waals surface area contributed by atoms with Crippen LogP contribution in [-0.4, -0.2) is 32.7 Å². The van der Waals surface area contributed by atoms with Gasteiger partial charge < -0.3 is 5.32 Å². The average molecular weight is 234 g/mol. The molecule has 1 unspecified atom stereocenters. The van der Waals surface area contributed by atoms with Gasteiger partial charge in [0.15, 0.2) is 0 Å². The fourth-order valence-corrected chi connectivity index (χ4v) is 1.62. The highest BCUT2D eigenvalue weighted by atomic mass is 35.5. The highest BCUT2D eigenvalue weighted by Crippen LogP contribution is 2.05. The Morgan fingerprint density at radius 1 is 1.64 bits per heavy atom. The summed E-state index contributed by atoms with van der Waals surface area (Å²) in [5.74, 6) is 1.40. The van der Waals surface area contributed by atoms with Gasteiger partial charge in [-0.3, -0.25) is 4.21 Å². The zero-order chi connectivity index (χ0) is 10.4. The van der Waals surface area contributed by atoms with Gasteiger partial charge >= 0.3 is 0 Å². The van der Waals surface area contributed by atoms with Crippen LogP contribution in [0.4, 0.5) is 5.82 Å². The van der Waals surface area contributed by atoms with E-state index in [4.69, 9.17) is 11.6 Å². The molecule has 1 N–H and O–H groups in total. The fraction of sp³-hybridized carbons (Fsp3) is 0.500. The number of halogens is 1. The van der Waals surface area contributed by atoms with E-state index in [0.29, 0.717) is 11.6 Å². The summed E-state index contributed by atoms with van der Waals surface area (Å²) in [6, 6.07) is 1.74. The Hall–Kier alpha value is -0.680. The Labute approximate surface area is 90.6 Å². The van der Waals surface area contributed by atoms with Gasteiger partial charge in [-0.1, -0.05) is 0 Å². The van der Waals surface area contributed by atoms with Gasteiger partial charge in [0.05, 0.1) is 0 Å². The third-order valence-electron chi connectivity index (χ3n) is 1.54. The van der Waals surface area contributed by atoms with Crippen LogP contribution < -0.4 is 5.32 Å². The van der Waals surface area contributed by atoms with Gasteiger partial charge in [0.2, 0.25) is 5.28 Å². The van der Waals surface area contributed by atoms with E-state index in [-0.39, 0.29) is 5.28 Å². The van der Waals surface area contributed by atoms with Crippen molar-refractivity contribution in [3.63, 3.8) is 0 Å². The summed E-state index contributed by atoms with van der Waals surface area (Å²) >= 11 is 5.60. The van der Waals surface area contributed by atoms with Gasteiger partial charge in [-0.05, 0) is 24.1 Å². The summed E-state index contributed by atoms with van der Waals surface area (Å²) in [5.41, 5.74) is 0. The van der Waals surface area contributed by atoms with Crippen LogP contribution in [0, 0.1) is 0 Å². The second-order valence-corrected chi connectivity index (χ2v) is 4.66. The first-order valence-corrected chi connectivity index (χ1v) is 6.31. The third-order valence-corrected chi connectivity index (χ3v) is 2.59. The quantitative estimate of drug-likeness (QED) is 0.616. The topological polar surface area (TPSA) is 54.9 Å². The molecular weight excluding hydrogens is 222 g/mol. The van der Waals surface area contributed by atoms with Crippen molar-refractivity contribution in [2.75, 3.05) is 23.9 Å². The van der Waals surface area contributed by atoms with Crippen molar-refractivity contribution in [2.45, 2.75) is 6.42 Å². The van der Waals surface area contributed by atoms with E-state index >= 15 is 0 Å². The first-order valence-electron chi connectivity index (χ1n) is 4.21. The molecule has 14 heavy (non-hydrogen) atoms. The van der Waals surface area contributed by atoms with Crippen molar-refractivity contribution in [3.8, 4) is 0 Å². The zero-order valence-corrected chi connectivity index (χ0v) is 9.44. The molecule has 0 amide bonds. The SMILES string of the molecule is CS(=O)CCCNc1ccnc(Cl)n1. The number of hydrogen-bond donors (Lipinski definition) is 1. The summed E-state index contributed by atoms with van der Waals surface area (Å²) in [4.78, 5) is 7.72. The minimum absolute atomic E-state index is 0.231. The van der Waals surface area contributed by atoms with E-state index < -0.39 is 10.8 Å². The molecule has 0 aliphatic carbocycles. The van der Waals surface area contributed by atoms with Crippen molar-refractivity contribution >= 4 is 28.2 Å². The van der Waals surface area contributed by atoms with Gasteiger partial charge in [-0.25, -0.2) is 9.97 Å². The van der Waals surface area contributed by atoms with Gasteiger partial charge in [0.25, 0.3) is 0 Å². The van der Waals surface area contributed by atoms with E-state index in [1.807, 2.05) is 0 Å². The molecule has 1 rings (SSSR count). The van der Waals surface area contributed by atoms with Gasteiger partial charge in [-0.2, -0.15) is 0 Å². The van der Waals surface area contributed by atoms with E-state index in [0.717, 1.165) is 13.0 Å². The fourth-order valence-electron chi connectivity index (χ4n) is 0.925. The highest BCUT2D eigenvalue weighted by molar-refractivity contribution is 7.84. The minimum Gasteiger partial charge on any atom is -0.370 e. The molecule has 0 aromatic carbocycles. The molecular formula is C8H12ClN3OS. The largest absolute Gasteiger partial charge is 0.370 e. The number of nitrogens with one attached hydrogen (secondary N) is 1. The van der Waals surface area contributed by atoms with Crippen molar-refractivity contribution in [1.29, 1.82) is 0 Å². The lowest BCUT2D eigenvalue weighted by molar-refractivity contribution is 0.685. The van der Waals surface area contributed by atoms with E-state index in [1.54, 1.807) is 18.5 Å². The van der Waals surface area contributed by atoms with Crippen molar-refractivity contribution in [3.05, 3.63) is 17.5 Å². The number of anilines is 1. The maximum absolute atomic E-state index is 10.7. The van der Waals surface area contributed by atoms with E-state index in [2.05, 4.69) is 15.3 Å². The normalized spacial score (nSPS) is 12.4. The lowest BCUT2D eigenvalue weighted by Gasteiger charge is -2.03. The van der Waals surface area contributed by atoms with Gasteiger partial charge in [-0.15, -0.1) is 0 Å². The molecule has 0 fully saturated rings. The summed E-state index contributed by atoms with van der Waals surface area (Å²) < 4.78 is 10.7. The molecule has 0 spiro atoms. The molecule has 0 saturated carbocycles. The summed E-state index contributed by atoms with van der Waals surface area (Å²) in [7, 11) is -0.727. The van der Waals surface area contributed by atoms with Crippen LogP contribution in [0.15, 0.2) is 12.3 Å².